The summed E-state index contributed by atoms with van der Waals surface area (Å²) in [5, 5.41) is 2.50. The first-order chi connectivity index (χ1) is 22.7. The molecule has 254 valence electrons. The Morgan fingerprint density at radius 3 is 2.27 bits per heavy atom. The first-order valence-corrected chi connectivity index (χ1v) is 13.9. The number of nitrogens with zero attached hydrogens (tertiary/aromatic N) is 4. The van der Waals surface area contributed by atoms with E-state index in [1.165, 1.54) is 43.5 Å². The number of hydroxylamine groups is 1. The molecule has 1 heterocycles. The number of likely N-dealkylation sites (N-methyl/N-ethyl adjacent to an activating group) is 1. The number of alkyl halides is 3. The van der Waals surface area contributed by atoms with Crippen LogP contribution in [0.2, 0.25) is 0 Å². The van der Waals surface area contributed by atoms with Crippen LogP contribution < -0.4 is 32.5 Å². The van der Waals surface area contributed by atoms with Crippen LogP contribution in [0.15, 0.2) is 75.2 Å². The average Bonchev–Trinajstić information content (AvgIpc) is 3.01. The molecule has 0 unspecified atom stereocenters. The first kappa shape index (κ1) is 35.3. The maximum absolute atomic E-state index is 15.6. The van der Waals surface area contributed by atoms with Gasteiger partial charge in [0.2, 0.25) is 0 Å². The van der Waals surface area contributed by atoms with Gasteiger partial charge in [-0.05, 0) is 62.6 Å². The van der Waals surface area contributed by atoms with Crippen molar-refractivity contribution in [2.75, 3.05) is 45.9 Å². The number of benzene rings is 3. The van der Waals surface area contributed by atoms with Gasteiger partial charge in [-0.25, -0.2) is 28.4 Å². The number of nitrogens with two attached hydrogens (primary N) is 1. The number of hydrogen-bond acceptors (Lipinski definition) is 8. The van der Waals surface area contributed by atoms with Crippen LogP contribution in [0, 0.1) is 11.6 Å². The molecule has 0 saturated heterocycles. The molecule has 0 saturated carbocycles. The smallest absolute Gasteiger partial charge is 0.416 e. The van der Waals surface area contributed by atoms with Gasteiger partial charge in [0, 0.05) is 17.8 Å². The quantitative estimate of drug-likeness (QED) is 0.129. The second-order valence-electron chi connectivity index (χ2n) is 10.4. The molecule has 4 rings (SSSR count). The predicted octanol–water partition coefficient (Wildman–Crippen LogP) is 4.30. The van der Waals surface area contributed by atoms with Gasteiger partial charge in [-0.15, -0.1) is 0 Å². The Morgan fingerprint density at radius 1 is 1.00 bits per heavy atom. The molecule has 1 aromatic heterocycles. The van der Waals surface area contributed by atoms with Crippen molar-refractivity contribution in [2.45, 2.75) is 12.7 Å². The van der Waals surface area contributed by atoms with Crippen LogP contribution in [0.4, 0.5) is 43.9 Å². The highest BCUT2D eigenvalue weighted by atomic mass is 19.4. The van der Waals surface area contributed by atoms with E-state index < -0.39 is 69.8 Å². The Labute approximate surface area is 269 Å². The van der Waals surface area contributed by atoms with E-state index in [1.54, 1.807) is 19.0 Å². The Balaban J connectivity index is 2.03. The summed E-state index contributed by atoms with van der Waals surface area (Å²) in [6.07, 6.45) is -5.02. The Hall–Kier alpha value is -5.55. The number of anilines is 2. The molecule has 48 heavy (non-hydrogen) atoms. The number of carbonyl (C=O) groups excluding carboxylic acids is 1. The molecule has 17 heteroatoms. The van der Waals surface area contributed by atoms with E-state index in [1.807, 2.05) is 0 Å². The number of carbonyl (C=O) groups is 1. The van der Waals surface area contributed by atoms with E-state index in [0.717, 1.165) is 25.3 Å². The zero-order valence-corrected chi connectivity index (χ0v) is 26.0. The zero-order chi connectivity index (χ0) is 35.3. The van der Waals surface area contributed by atoms with Crippen molar-refractivity contribution in [1.82, 2.24) is 19.5 Å². The molecule has 0 aliphatic heterocycles. The Bertz CT molecular complexity index is 1970. The van der Waals surface area contributed by atoms with Crippen LogP contribution >= 0.6 is 0 Å². The molecule has 0 bridgehead atoms. The second-order valence-corrected chi connectivity index (χ2v) is 10.4. The molecule has 4 aromatic rings. The van der Waals surface area contributed by atoms with E-state index in [2.05, 4.69) is 20.6 Å². The van der Waals surface area contributed by atoms with Gasteiger partial charge < -0.3 is 20.7 Å². The number of methoxy groups -OCH3 is 1. The number of nitrogen functional groups attached to an aromatic ring is 1. The summed E-state index contributed by atoms with van der Waals surface area (Å²) in [5.41, 5.74) is 3.09. The minimum absolute atomic E-state index is 0.0734. The number of urea groups is 1. The van der Waals surface area contributed by atoms with Crippen LogP contribution in [0.3, 0.4) is 0 Å². The van der Waals surface area contributed by atoms with Crippen molar-refractivity contribution in [2.24, 2.45) is 4.99 Å². The Morgan fingerprint density at radius 2 is 1.67 bits per heavy atom. The fourth-order valence-corrected chi connectivity index (χ4v) is 4.77. The summed E-state index contributed by atoms with van der Waals surface area (Å²) >= 11 is 0. The number of halogens is 5. The lowest BCUT2D eigenvalue weighted by Crippen LogP contribution is -2.45. The third-order valence-electron chi connectivity index (χ3n) is 6.87. The minimum Gasteiger partial charge on any atom is -0.494 e. The normalized spacial score (nSPS) is 11.9. The average molecular weight is 676 g/mol. The van der Waals surface area contributed by atoms with Gasteiger partial charge >= 0.3 is 17.9 Å². The van der Waals surface area contributed by atoms with Crippen LogP contribution in [0.5, 0.6) is 5.75 Å². The van der Waals surface area contributed by atoms with Crippen molar-refractivity contribution in [1.29, 1.82) is 0 Å². The van der Waals surface area contributed by atoms with Crippen molar-refractivity contribution in [3.63, 3.8) is 0 Å². The van der Waals surface area contributed by atoms with Gasteiger partial charge in [0.1, 0.15) is 17.2 Å². The molecule has 0 aliphatic carbocycles. The van der Waals surface area contributed by atoms with E-state index >= 15 is 4.39 Å². The first-order valence-electron chi connectivity index (χ1n) is 13.9. The van der Waals surface area contributed by atoms with Crippen LogP contribution in [-0.2, 0) is 17.6 Å². The SMILES string of the molecule is CONC(=O)Nc1ccc(N=C(CN(C)C)c2c(N)n(Cc3c(F)cccc3C(F)(F)F)c(=O)n(-c3cccc(OC)c3F)c2=O)cc1. The third-order valence-corrected chi connectivity index (χ3v) is 6.87. The van der Waals surface area contributed by atoms with Crippen molar-refractivity contribution in [3.05, 3.63) is 110 Å². The molecule has 0 spiro atoms. The van der Waals surface area contributed by atoms with E-state index in [-0.39, 0.29) is 23.7 Å². The van der Waals surface area contributed by atoms with Gasteiger partial charge in [-0.1, -0.05) is 12.1 Å². The fraction of sp³-hybridized carbons (Fsp3) is 0.226. The summed E-state index contributed by atoms with van der Waals surface area (Å²) in [6, 6.07) is 11.1. The maximum Gasteiger partial charge on any atom is 0.416 e. The van der Waals surface area contributed by atoms with Crippen molar-refractivity contribution in [3.8, 4) is 11.4 Å². The van der Waals surface area contributed by atoms with Gasteiger partial charge in [0.25, 0.3) is 5.56 Å². The lowest BCUT2D eigenvalue weighted by Gasteiger charge is -2.21. The molecule has 0 fully saturated rings. The largest absolute Gasteiger partial charge is 0.494 e. The molecule has 0 aliphatic rings. The highest BCUT2D eigenvalue weighted by Crippen LogP contribution is 2.34. The van der Waals surface area contributed by atoms with Crippen LogP contribution in [0.25, 0.3) is 5.69 Å². The molecule has 3 aromatic carbocycles. The number of aromatic nitrogens is 2. The summed E-state index contributed by atoms with van der Waals surface area (Å²) in [6.45, 7) is -1.19. The third kappa shape index (κ3) is 7.53. The van der Waals surface area contributed by atoms with E-state index in [4.69, 9.17) is 10.5 Å². The molecular weight excluding hydrogens is 645 g/mol. The highest BCUT2D eigenvalue weighted by Gasteiger charge is 2.35. The molecule has 0 atom stereocenters. The monoisotopic (exact) mass is 675 g/mol. The number of amides is 2. The van der Waals surface area contributed by atoms with E-state index in [9.17, 15) is 31.9 Å². The van der Waals surface area contributed by atoms with Crippen molar-refractivity contribution < 1.29 is 36.3 Å². The number of hydrogen-bond donors (Lipinski definition) is 3. The molecule has 0 radical (unpaired) electrons. The van der Waals surface area contributed by atoms with Gasteiger partial charge in [0.05, 0.1) is 43.4 Å². The molecule has 12 nitrogen and oxygen atoms in total. The lowest BCUT2D eigenvalue weighted by atomic mass is 10.1. The number of rotatable bonds is 10. The number of ether oxygens (including phenoxy) is 1. The lowest BCUT2D eigenvalue weighted by molar-refractivity contribution is -0.138. The van der Waals surface area contributed by atoms with Crippen LogP contribution in [-0.4, -0.2) is 60.6 Å². The molecular formula is C31H30F5N7O5. The number of aliphatic imine (C=N–C) groups is 1. The zero-order valence-electron chi connectivity index (χ0n) is 26.0. The topological polar surface area (TPSA) is 145 Å². The predicted molar refractivity (Wildman–Crippen MR) is 168 cm³/mol. The summed E-state index contributed by atoms with van der Waals surface area (Å²) in [7, 11) is 5.65. The minimum atomic E-state index is -5.02. The summed E-state index contributed by atoms with van der Waals surface area (Å²) in [4.78, 5) is 50.5. The van der Waals surface area contributed by atoms with Gasteiger partial charge in [-0.3, -0.25) is 19.2 Å². The van der Waals surface area contributed by atoms with E-state index in [0.29, 0.717) is 20.9 Å². The van der Waals surface area contributed by atoms with Gasteiger partial charge in [0.15, 0.2) is 11.6 Å². The fourth-order valence-electron chi connectivity index (χ4n) is 4.77. The Kier molecular flexibility index (Phi) is 10.6. The second kappa shape index (κ2) is 14.5. The van der Waals surface area contributed by atoms with Crippen LogP contribution in [0.1, 0.15) is 16.7 Å². The maximum atomic E-state index is 15.6. The highest BCUT2D eigenvalue weighted by molar-refractivity contribution is 6.06. The summed E-state index contributed by atoms with van der Waals surface area (Å²) < 4.78 is 78.3. The molecule has 2 amide bonds. The van der Waals surface area contributed by atoms with Gasteiger partial charge in [-0.2, -0.15) is 13.2 Å². The summed E-state index contributed by atoms with van der Waals surface area (Å²) in [5.74, 6) is -3.41. The standard InChI is InChI=1S/C31H30F5N7O5/c1-41(2)16-22(38-17-11-13-18(14-12-17)39-29(45)40-48-4)25-27(37)42(15-19-20(31(34,35)36)7-5-8-21(19)32)30(46)43(28(25)44)23-9-6-10-24(47-3)26(23)33/h5-14H,15-16,37H2,1-4H3,(H2,39,40,45). The number of nitrogens with one attached hydrogen (secondary N) is 2. The molecule has 4 N–H and O–H groups in total. The van der Waals surface area contributed by atoms with Crippen molar-refractivity contribution >= 4 is 28.9 Å².